The monoisotopic (exact) mass is 987 g/mol. The Hall–Kier alpha value is -6.27. The van der Waals surface area contributed by atoms with Crippen LogP contribution in [-0.2, 0) is 66.9 Å². The zero-order valence-electron chi connectivity index (χ0n) is 37.4. The fraction of sp³-hybridized carbons (Fsp3) is 0.467. The number of benzene rings is 3. The second-order valence-corrected chi connectivity index (χ2v) is 16.2. The maximum Gasteiger partial charge on any atom is 0.416 e. The summed E-state index contributed by atoms with van der Waals surface area (Å²) in [6.07, 6.45) is -13.8. The molecule has 0 saturated carbocycles. The molecule has 24 heteroatoms. The highest BCUT2D eigenvalue weighted by Gasteiger charge is 2.35. The molecule has 0 spiro atoms. The Bertz CT molecular complexity index is 1960. The van der Waals surface area contributed by atoms with Gasteiger partial charge in [0.1, 0.15) is 19.6 Å². The highest BCUT2D eigenvalue weighted by Crippen LogP contribution is 2.31. The van der Waals surface area contributed by atoms with Crippen LogP contribution in [0.25, 0.3) is 0 Å². The molecule has 0 aliphatic carbocycles. The predicted molar refractivity (Wildman–Crippen MR) is 231 cm³/mol. The third kappa shape index (κ3) is 17.0. The number of nitrogens with zero attached hydrogens (tertiary/aromatic N) is 6. The summed E-state index contributed by atoms with van der Waals surface area (Å²) < 4.78 is 121. The zero-order chi connectivity index (χ0) is 51.1. The van der Waals surface area contributed by atoms with Gasteiger partial charge in [-0.25, -0.2) is 0 Å². The first-order valence-corrected chi connectivity index (χ1v) is 21.7. The van der Waals surface area contributed by atoms with Crippen LogP contribution in [0.2, 0.25) is 0 Å². The topological polar surface area (TPSA) is 200 Å². The Balaban J connectivity index is 1.85. The number of alkyl halides is 9. The summed E-state index contributed by atoms with van der Waals surface area (Å²) >= 11 is 0. The lowest BCUT2D eigenvalue weighted by molar-refractivity contribution is -0.150. The molecule has 3 aromatic rings. The van der Waals surface area contributed by atoms with Crippen molar-refractivity contribution in [3.8, 4) is 0 Å². The van der Waals surface area contributed by atoms with Gasteiger partial charge in [0.2, 0.25) is 35.4 Å². The lowest BCUT2D eigenvalue weighted by Crippen LogP contribution is -2.53. The highest BCUT2D eigenvalue weighted by atomic mass is 19.4. The number of nitrogens with two attached hydrogens (primary N) is 3. The number of rotatable bonds is 15. The highest BCUT2D eigenvalue weighted by molar-refractivity contribution is 5.93. The normalized spacial score (nSPS) is 16.2. The van der Waals surface area contributed by atoms with Crippen molar-refractivity contribution in [2.45, 2.75) is 57.4 Å². The smallest absolute Gasteiger partial charge is 0.332 e. The first-order valence-electron chi connectivity index (χ1n) is 21.7. The van der Waals surface area contributed by atoms with Gasteiger partial charge in [-0.15, -0.1) is 0 Å². The minimum atomic E-state index is -4.71. The van der Waals surface area contributed by atoms with Gasteiger partial charge in [0.05, 0.1) is 36.3 Å². The summed E-state index contributed by atoms with van der Waals surface area (Å²) in [6, 6.07) is 11.1. The number of hydrogen-bond donors (Lipinski definition) is 3. The van der Waals surface area contributed by atoms with Gasteiger partial charge in [-0.1, -0.05) is 36.4 Å². The molecule has 15 nitrogen and oxygen atoms in total. The molecule has 0 atom stereocenters. The standard InChI is InChI=1S/C45H54F9N9O6/c46-43(47,48)34-10-4-31(5-11-34)22-61-28-37(64)58(19-1-16-55)25-40(67)62(23-32-6-12-35(13-7-32)44(49,50)51)29-38(65)60(21-3-18-57)27-42(69)63(24-33-8-14-36(15-9-33)45(52,53)54)30-39(66)59(20-2-17-56)26-41(61)68/h4-15H,1-3,16-30,55-57H2. The number of halogens is 9. The fourth-order valence-corrected chi connectivity index (χ4v) is 7.06. The minimum Gasteiger partial charge on any atom is -0.332 e. The summed E-state index contributed by atoms with van der Waals surface area (Å²) in [5.74, 6) is -5.29. The Labute approximate surface area is 391 Å². The Kier molecular flexibility index (Phi) is 19.9. The molecule has 3 aromatic carbocycles. The van der Waals surface area contributed by atoms with E-state index in [0.29, 0.717) is 0 Å². The van der Waals surface area contributed by atoms with Crippen molar-refractivity contribution in [1.29, 1.82) is 0 Å². The molecule has 6 N–H and O–H groups in total. The van der Waals surface area contributed by atoms with Crippen molar-refractivity contribution in [3.05, 3.63) is 106 Å². The predicted octanol–water partition coefficient (Wildman–Crippen LogP) is 3.68. The zero-order valence-corrected chi connectivity index (χ0v) is 37.4. The second kappa shape index (κ2) is 24.8. The quantitative estimate of drug-likeness (QED) is 0.190. The first kappa shape index (κ1) is 55.3. The largest absolute Gasteiger partial charge is 0.416 e. The second-order valence-electron chi connectivity index (χ2n) is 16.2. The van der Waals surface area contributed by atoms with Crippen LogP contribution >= 0.6 is 0 Å². The number of carbonyl (C=O) groups is 6. The van der Waals surface area contributed by atoms with Gasteiger partial charge in [-0.05, 0) is 92.0 Å². The van der Waals surface area contributed by atoms with Gasteiger partial charge in [-0.2, -0.15) is 39.5 Å². The van der Waals surface area contributed by atoms with Gasteiger partial charge in [0.15, 0.2) is 0 Å². The molecule has 69 heavy (non-hydrogen) atoms. The van der Waals surface area contributed by atoms with E-state index in [9.17, 15) is 68.3 Å². The summed E-state index contributed by atoms with van der Waals surface area (Å²) in [6.45, 7) is -6.66. The van der Waals surface area contributed by atoms with E-state index < -0.39 is 130 Å². The van der Waals surface area contributed by atoms with Crippen LogP contribution < -0.4 is 17.2 Å². The van der Waals surface area contributed by atoms with E-state index in [4.69, 9.17) is 17.2 Å². The van der Waals surface area contributed by atoms with Crippen molar-refractivity contribution in [1.82, 2.24) is 29.4 Å². The third-order valence-corrected chi connectivity index (χ3v) is 10.9. The molecule has 1 fully saturated rings. The van der Waals surface area contributed by atoms with E-state index >= 15 is 0 Å². The van der Waals surface area contributed by atoms with E-state index in [1.165, 1.54) is 0 Å². The molecule has 1 saturated heterocycles. The number of hydrogen-bond acceptors (Lipinski definition) is 9. The Morgan fingerprint density at radius 1 is 0.333 bits per heavy atom. The Morgan fingerprint density at radius 3 is 0.710 bits per heavy atom. The molecule has 4 rings (SSSR count). The minimum absolute atomic E-state index is 0.0121. The van der Waals surface area contributed by atoms with E-state index in [2.05, 4.69) is 0 Å². The average molecular weight is 988 g/mol. The number of carbonyl (C=O) groups excluding carboxylic acids is 6. The van der Waals surface area contributed by atoms with Crippen LogP contribution in [0, 0.1) is 0 Å². The molecule has 1 aliphatic heterocycles. The van der Waals surface area contributed by atoms with Crippen LogP contribution in [0.4, 0.5) is 39.5 Å². The van der Waals surface area contributed by atoms with Crippen LogP contribution in [0.15, 0.2) is 72.8 Å². The van der Waals surface area contributed by atoms with Crippen LogP contribution in [0.3, 0.4) is 0 Å². The van der Waals surface area contributed by atoms with Crippen LogP contribution in [0.5, 0.6) is 0 Å². The van der Waals surface area contributed by atoms with Crippen molar-refractivity contribution in [2.75, 3.05) is 78.5 Å². The van der Waals surface area contributed by atoms with E-state index in [-0.39, 0.29) is 75.2 Å². The number of amides is 6. The fourth-order valence-electron chi connectivity index (χ4n) is 7.06. The van der Waals surface area contributed by atoms with Crippen LogP contribution in [-0.4, -0.2) is 143 Å². The molecule has 378 valence electrons. The van der Waals surface area contributed by atoms with Gasteiger partial charge < -0.3 is 46.6 Å². The Morgan fingerprint density at radius 2 is 0.522 bits per heavy atom. The lowest BCUT2D eigenvalue weighted by atomic mass is 10.1. The average Bonchev–Trinajstić information content (AvgIpc) is 3.28. The van der Waals surface area contributed by atoms with Gasteiger partial charge in [-0.3, -0.25) is 28.8 Å². The van der Waals surface area contributed by atoms with Crippen molar-refractivity contribution < 1.29 is 68.3 Å². The van der Waals surface area contributed by atoms with E-state index in [1.54, 1.807) is 0 Å². The van der Waals surface area contributed by atoms with Crippen LogP contribution in [0.1, 0.15) is 52.6 Å². The molecule has 1 aliphatic rings. The maximum absolute atomic E-state index is 14.3. The van der Waals surface area contributed by atoms with Crippen molar-refractivity contribution in [3.63, 3.8) is 0 Å². The summed E-state index contributed by atoms with van der Waals surface area (Å²) in [5, 5.41) is 0. The SMILES string of the molecule is NCCCN1CC(=O)N(Cc2ccc(C(F)(F)F)cc2)CC(=O)N(CCCN)CC(=O)N(Cc2ccc(C(F)(F)F)cc2)CC(=O)N(CCCN)CC(=O)N(Cc2ccc(C(F)(F)F)cc2)CC1=O. The lowest BCUT2D eigenvalue weighted by Gasteiger charge is -2.34. The van der Waals surface area contributed by atoms with Crippen molar-refractivity contribution >= 4 is 35.4 Å². The van der Waals surface area contributed by atoms with E-state index in [1.807, 2.05) is 0 Å². The molecule has 1 heterocycles. The summed E-state index contributed by atoms with van der Waals surface area (Å²) in [7, 11) is 0. The first-order chi connectivity index (χ1) is 32.4. The van der Waals surface area contributed by atoms with Gasteiger partial charge in [0, 0.05) is 39.3 Å². The maximum atomic E-state index is 14.3. The molecular weight excluding hydrogens is 934 g/mol. The summed E-state index contributed by atoms with van der Waals surface area (Å²) in [5.41, 5.74) is 14.6. The molecular formula is C45H54F9N9O6. The van der Waals surface area contributed by atoms with Gasteiger partial charge in [0.25, 0.3) is 0 Å². The molecule has 0 aromatic heterocycles. The van der Waals surface area contributed by atoms with Gasteiger partial charge >= 0.3 is 18.5 Å². The molecule has 6 amide bonds. The molecule has 0 bridgehead atoms. The molecule has 0 unspecified atom stereocenters. The summed E-state index contributed by atoms with van der Waals surface area (Å²) in [4.78, 5) is 91.6. The van der Waals surface area contributed by atoms with Crippen molar-refractivity contribution in [2.24, 2.45) is 17.2 Å². The molecule has 0 radical (unpaired) electrons. The van der Waals surface area contributed by atoms with E-state index in [0.717, 1.165) is 102 Å². The third-order valence-electron chi connectivity index (χ3n) is 10.9.